The first-order valence-electron chi connectivity index (χ1n) is 1.64. The molecule has 0 aliphatic heterocycles. The van der Waals surface area contributed by atoms with Crippen LogP contribution in [0.15, 0.2) is 0 Å². The van der Waals surface area contributed by atoms with E-state index in [0.717, 1.165) is 0 Å². The number of nitrogens with two attached hydrogens (primary N) is 3. The molecule has 0 saturated carbocycles. The summed E-state index contributed by atoms with van der Waals surface area (Å²) in [5.74, 6) is 3.12. The van der Waals surface area contributed by atoms with Gasteiger partial charge >= 0.3 is 0 Å². The molecule has 0 aliphatic carbocycles. The van der Waals surface area contributed by atoms with E-state index in [1.807, 2.05) is 5.43 Å². The molecule has 7 heavy (non-hydrogen) atoms. The van der Waals surface area contributed by atoms with Crippen molar-refractivity contribution < 1.29 is 4.79 Å². The molecule has 0 unspecified atom stereocenters. The van der Waals surface area contributed by atoms with Crippen LogP contribution in [0.4, 0.5) is 0 Å². The molecule has 0 heterocycles. The molecule has 0 saturated heterocycles. The lowest BCUT2D eigenvalue weighted by Crippen LogP contribution is -2.65. The number of aldehydes is 1. The first-order chi connectivity index (χ1) is 3.12. The van der Waals surface area contributed by atoms with Gasteiger partial charge in [-0.05, 0) is 0 Å². The van der Waals surface area contributed by atoms with Crippen LogP contribution in [-0.2, 0) is 4.79 Å². The van der Waals surface area contributed by atoms with E-state index in [1.54, 1.807) is 0 Å². The van der Waals surface area contributed by atoms with Gasteiger partial charge in [0, 0.05) is 0 Å². The minimum absolute atomic E-state index is 0.312. The summed E-state index contributed by atoms with van der Waals surface area (Å²) in [5, 5.41) is 0. The van der Waals surface area contributed by atoms with Gasteiger partial charge in [-0.25, -0.2) is 5.43 Å². The van der Waals surface area contributed by atoms with Gasteiger partial charge in [-0.1, -0.05) is 0 Å². The van der Waals surface area contributed by atoms with Crippen LogP contribution in [0.3, 0.4) is 0 Å². The lowest BCUT2D eigenvalue weighted by atomic mass is 10.5. The maximum atomic E-state index is 9.67. The molecule has 0 aromatic rings. The Balaban J connectivity index is 3.58. The third-order valence-electron chi connectivity index (χ3n) is 0.445. The molecule has 0 aromatic carbocycles. The third kappa shape index (κ3) is 2.24. The summed E-state index contributed by atoms with van der Waals surface area (Å²) < 4.78 is 0. The second kappa shape index (κ2) is 1.99. The van der Waals surface area contributed by atoms with Crippen LogP contribution in [0.2, 0.25) is 0 Å². The normalized spacial score (nSPS) is 11.3. The molecule has 7 N–H and O–H groups in total. The topological polar surface area (TPSA) is 107 Å². The Kier molecular flexibility index (Phi) is 1.85. The van der Waals surface area contributed by atoms with Crippen LogP contribution in [0.5, 0.6) is 0 Å². The first kappa shape index (κ1) is 6.51. The van der Waals surface area contributed by atoms with Gasteiger partial charge in [0.15, 0.2) is 12.1 Å². The Morgan fingerprint density at radius 1 is 1.57 bits per heavy atom. The highest BCUT2D eigenvalue weighted by Crippen LogP contribution is 1.65. The SMILES string of the molecule is NNC(N)(N)C=O. The van der Waals surface area contributed by atoms with Crippen LogP contribution in [0.1, 0.15) is 0 Å². The number of hydrogen-bond donors (Lipinski definition) is 4. The Labute approximate surface area is 40.8 Å². The van der Waals surface area contributed by atoms with E-state index in [-0.39, 0.29) is 0 Å². The maximum absolute atomic E-state index is 9.67. The summed E-state index contributed by atoms with van der Waals surface area (Å²) >= 11 is 0. The van der Waals surface area contributed by atoms with Gasteiger partial charge in [0.25, 0.3) is 0 Å². The fourth-order valence-electron chi connectivity index (χ4n) is 0.0340. The molecular formula is C2H8N4O. The van der Waals surface area contributed by atoms with E-state index in [9.17, 15) is 4.79 Å². The van der Waals surface area contributed by atoms with Crippen molar-refractivity contribution in [3.8, 4) is 0 Å². The van der Waals surface area contributed by atoms with Crippen LogP contribution in [0, 0.1) is 0 Å². The predicted octanol–water partition coefficient (Wildman–Crippen LogP) is -2.78. The van der Waals surface area contributed by atoms with E-state index in [0.29, 0.717) is 6.29 Å². The van der Waals surface area contributed by atoms with E-state index in [4.69, 9.17) is 11.5 Å². The Morgan fingerprint density at radius 3 is 2.00 bits per heavy atom. The molecule has 0 aliphatic rings. The summed E-state index contributed by atoms with van der Waals surface area (Å²) in [7, 11) is 0. The summed E-state index contributed by atoms with van der Waals surface area (Å²) in [6, 6.07) is 0. The van der Waals surface area contributed by atoms with Crippen LogP contribution >= 0.6 is 0 Å². The predicted molar refractivity (Wildman–Crippen MR) is 24.5 cm³/mol. The fourth-order valence-corrected chi connectivity index (χ4v) is 0.0340. The average Bonchev–Trinajstić information content (AvgIpc) is 1.68. The Hall–Kier alpha value is -0.490. The standard InChI is InChI=1S/C2H8N4O/c3-2(4,1-7)6-5/h1,6H,3-5H2. The van der Waals surface area contributed by atoms with Crippen molar-refractivity contribution in [1.82, 2.24) is 5.43 Å². The van der Waals surface area contributed by atoms with Gasteiger partial charge < -0.3 is 0 Å². The van der Waals surface area contributed by atoms with Crippen molar-refractivity contribution in [2.24, 2.45) is 17.3 Å². The summed E-state index contributed by atoms with van der Waals surface area (Å²) in [5.41, 5.74) is 11.7. The molecule has 0 spiro atoms. The second-order valence-electron chi connectivity index (χ2n) is 1.20. The van der Waals surface area contributed by atoms with Crippen molar-refractivity contribution in [2.75, 3.05) is 0 Å². The zero-order chi connectivity index (χ0) is 5.91. The van der Waals surface area contributed by atoms with Crippen LogP contribution in [0.25, 0.3) is 0 Å². The van der Waals surface area contributed by atoms with E-state index < -0.39 is 5.79 Å². The zero-order valence-corrected chi connectivity index (χ0v) is 3.72. The lowest BCUT2D eigenvalue weighted by molar-refractivity contribution is -0.113. The Bertz CT molecular complexity index is 70.1. The highest BCUT2D eigenvalue weighted by molar-refractivity contribution is 5.61. The number of carbonyl (C=O) groups is 1. The number of rotatable bonds is 2. The lowest BCUT2D eigenvalue weighted by Gasteiger charge is -2.13. The number of nitrogens with one attached hydrogen (secondary N) is 1. The molecular weight excluding hydrogens is 96.0 g/mol. The quantitative estimate of drug-likeness (QED) is 0.131. The molecule has 0 atom stereocenters. The van der Waals surface area contributed by atoms with Crippen LogP contribution in [-0.4, -0.2) is 12.1 Å². The first-order valence-corrected chi connectivity index (χ1v) is 1.64. The van der Waals surface area contributed by atoms with E-state index in [2.05, 4.69) is 5.84 Å². The molecule has 5 heteroatoms. The van der Waals surface area contributed by atoms with Crippen molar-refractivity contribution in [1.29, 1.82) is 0 Å². The monoisotopic (exact) mass is 104 g/mol. The fraction of sp³-hybridized carbons (Fsp3) is 0.500. The van der Waals surface area contributed by atoms with Gasteiger partial charge in [0.1, 0.15) is 0 Å². The molecule has 0 amide bonds. The highest BCUT2D eigenvalue weighted by Gasteiger charge is 2.12. The van der Waals surface area contributed by atoms with Crippen molar-refractivity contribution in [3.63, 3.8) is 0 Å². The number of hydrogen-bond acceptors (Lipinski definition) is 5. The van der Waals surface area contributed by atoms with Crippen molar-refractivity contribution in [2.45, 2.75) is 5.79 Å². The summed E-state index contributed by atoms with van der Waals surface area (Å²) in [4.78, 5) is 9.67. The molecule has 5 nitrogen and oxygen atoms in total. The number of hydrazine groups is 1. The minimum Gasteiger partial charge on any atom is -0.298 e. The van der Waals surface area contributed by atoms with Crippen LogP contribution < -0.4 is 22.7 Å². The third-order valence-corrected chi connectivity index (χ3v) is 0.445. The van der Waals surface area contributed by atoms with Crippen molar-refractivity contribution in [3.05, 3.63) is 0 Å². The van der Waals surface area contributed by atoms with Gasteiger partial charge in [0.2, 0.25) is 0 Å². The number of carbonyl (C=O) groups excluding carboxylic acids is 1. The molecule has 0 rings (SSSR count). The smallest absolute Gasteiger partial charge is 0.188 e. The Morgan fingerprint density at radius 2 is 2.00 bits per heavy atom. The van der Waals surface area contributed by atoms with Gasteiger partial charge in [-0.3, -0.25) is 22.1 Å². The summed E-state index contributed by atoms with van der Waals surface area (Å²) in [6.45, 7) is 0. The molecule has 0 bridgehead atoms. The highest BCUT2D eigenvalue weighted by atomic mass is 16.1. The molecule has 42 valence electrons. The van der Waals surface area contributed by atoms with Gasteiger partial charge in [-0.2, -0.15) is 0 Å². The second-order valence-corrected chi connectivity index (χ2v) is 1.20. The molecule has 0 fully saturated rings. The van der Waals surface area contributed by atoms with E-state index >= 15 is 0 Å². The summed E-state index contributed by atoms with van der Waals surface area (Å²) in [6.07, 6.45) is 0.312. The van der Waals surface area contributed by atoms with E-state index in [1.165, 1.54) is 0 Å². The average molecular weight is 104 g/mol. The van der Waals surface area contributed by atoms with Crippen molar-refractivity contribution >= 4 is 6.29 Å². The van der Waals surface area contributed by atoms with Gasteiger partial charge in [-0.15, -0.1) is 0 Å². The molecule has 0 aromatic heterocycles. The maximum Gasteiger partial charge on any atom is 0.188 e. The molecule has 0 radical (unpaired) electrons. The zero-order valence-electron chi connectivity index (χ0n) is 3.72. The minimum atomic E-state index is -1.57. The van der Waals surface area contributed by atoms with Gasteiger partial charge in [0.05, 0.1) is 0 Å². The largest absolute Gasteiger partial charge is 0.298 e.